The van der Waals surface area contributed by atoms with Crippen LogP contribution in [0.4, 0.5) is 20.2 Å². The van der Waals surface area contributed by atoms with E-state index < -0.39 is 22.2 Å². The topological polar surface area (TPSA) is 75.4 Å². The van der Waals surface area contributed by atoms with Gasteiger partial charge in [-0.05, 0) is 33.6 Å². The van der Waals surface area contributed by atoms with Gasteiger partial charge in [-0.2, -0.15) is 4.39 Å². The van der Waals surface area contributed by atoms with Gasteiger partial charge in [0.1, 0.15) is 11.6 Å². The Labute approximate surface area is 126 Å². The summed E-state index contributed by atoms with van der Waals surface area (Å²) in [6, 6.07) is 5.93. The predicted molar refractivity (Wildman–Crippen MR) is 76.1 cm³/mol. The molecule has 0 bridgehead atoms. The molecule has 2 rings (SSSR count). The number of phenolic OH excluding ortho intramolecular Hbond substituents is 1. The van der Waals surface area contributed by atoms with Crippen molar-refractivity contribution >= 4 is 27.3 Å². The first-order chi connectivity index (χ1) is 9.88. The van der Waals surface area contributed by atoms with Crippen molar-refractivity contribution < 1.29 is 18.8 Å². The van der Waals surface area contributed by atoms with E-state index in [-0.39, 0.29) is 18.0 Å². The second-order valence-corrected chi connectivity index (χ2v) is 5.03. The van der Waals surface area contributed by atoms with Gasteiger partial charge in [-0.3, -0.25) is 10.1 Å². The molecule has 0 heterocycles. The third-order valence-corrected chi connectivity index (χ3v) is 3.36. The highest BCUT2D eigenvalue weighted by molar-refractivity contribution is 9.10. The Morgan fingerprint density at radius 3 is 2.57 bits per heavy atom. The van der Waals surface area contributed by atoms with Crippen LogP contribution in [-0.2, 0) is 6.54 Å². The SMILES string of the molecule is O=[N+]([O-])c1cc(NCc2ccc(O)c(Br)c2)c(F)cc1F. The average Bonchev–Trinajstić information content (AvgIpc) is 2.41. The zero-order valence-corrected chi connectivity index (χ0v) is 12.0. The minimum atomic E-state index is -1.23. The molecule has 21 heavy (non-hydrogen) atoms. The molecule has 8 heteroatoms. The van der Waals surface area contributed by atoms with Crippen molar-refractivity contribution in [3.63, 3.8) is 0 Å². The molecule has 0 spiro atoms. The smallest absolute Gasteiger partial charge is 0.307 e. The van der Waals surface area contributed by atoms with Crippen molar-refractivity contribution in [1.82, 2.24) is 0 Å². The number of rotatable bonds is 4. The summed E-state index contributed by atoms with van der Waals surface area (Å²) in [7, 11) is 0. The van der Waals surface area contributed by atoms with Gasteiger partial charge < -0.3 is 10.4 Å². The Balaban J connectivity index is 2.21. The molecular weight excluding hydrogens is 350 g/mol. The molecule has 0 aliphatic heterocycles. The van der Waals surface area contributed by atoms with Gasteiger partial charge in [0.25, 0.3) is 0 Å². The molecule has 0 fully saturated rings. The van der Waals surface area contributed by atoms with Crippen LogP contribution >= 0.6 is 15.9 Å². The van der Waals surface area contributed by atoms with Gasteiger partial charge in [0.2, 0.25) is 5.82 Å². The Hall–Kier alpha value is -2.22. The molecule has 0 radical (unpaired) electrons. The maximum Gasteiger partial charge on any atom is 0.307 e. The second kappa shape index (κ2) is 6.04. The first-order valence-corrected chi connectivity index (χ1v) is 6.52. The van der Waals surface area contributed by atoms with E-state index in [1.807, 2.05) is 0 Å². The molecule has 2 N–H and O–H groups in total. The monoisotopic (exact) mass is 358 g/mol. The van der Waals surface area contributed by atoms with E-state index in [1.165, 1.54) is 6.07 Å². The maximum atomic E-state index is 13.6. The summed E-state index contributed by atoms with van der Waals surface area (Å²) in [6.45, 7) is 0.151. The highest BCUT2D eigenvalue weighted by atomic mass is 79.9. The summed E-state index contributed by atoms with van der Waals surface area (Å²) < 4.78 is 27.2. The quantitative estimate of drug-likeness (QED) is 0.640. The molecule has 0 aliphatic rings. The molecule has 0 amide bonds. The van der Waals surface area contributed by atoms with Crippen molar-refractivity contribution in [1.29, 1.82) is 0 Å². The number of anilines is 1. The van der Waals surface area contributed by atoms with Gasteiger partial charge in [-0.25, -0.2) is 4.39 Å². The van der Waals surface area contributed by atoms with Crippen molar-refractivity contribution in [2.24, 2.45) is 0 Å². The molecule has 0 saturated carbocycles. The number of benzene rings is 2. The van der Waals surface area contributed by atoms with Gasteiger partial charge in [-0.1, -0.05) is 6.07 Å². The van der Waals surface area contributed by atoms with E-state index >= 15 is 0 Å². The average molecular weight is 359 g/mol. The first kappa shape index (κ1) is 15.2. The van der Waals surface area contributed by atoms with Crippen LogP contribution in [0.15, 0.2) is 34.8 Å². The van der Waals surface area contributed by atoms with Crippen molar-refractivity contribution in [3.05, 3.63) is 62.1 Å². The van der Waals surface area contributed by atoms with Crippen molar-refractivity contribution in [2.45, 2.75) is 6.54 Å². The van der Waals surface area contributed by atoms with E-state index in [0.717, 1.165) is 6.07 Å². The number of hydrogen-bond acceptors (Lipinski definition) is 4. The van der Waals surface area contributed by atoms with E-state index in [9.17, 15) is 24.0 Å². The summed E-state index contributed by atoms with van der Waals surface area (Å²) in [4.78, 5) is 9.70. The molecule has 0 aliphatic carbocycles. The largest absolute Gasteiger partial charge is 0.507 e. The van der Waals surface area contributed by atoms with E-state index in [0.29, 0.717) is 16.1 Å². The fourth-order valence-electron chi connectivity index (χ4n) is 1.67. The van der Waals surface area contributed by atoms with Gasteiger partial charge in [0.15, 0.2) is 0 Å². The second-order valence-electron chi connectivity index (χ2n) is 4.18. The molecule has 2 aromatic carbocycles. The zero-order chi connectivity index (χ0) is 15.6. The molecule has 0 atom stereocenters. The number of nitro benzene ring substituents is 1. The van der Waals surface area contributed by atoms with Gasteiger partial charge in [-0.15, -0.1) is 0 Å². The summed E-state index contributed by atoms with van der Waals surface area (Å²) >= 11 is 3.14. The fourth-order valence-corrected chi connectivity index (χ4v) is 2.10. The fraction of sp³-hybridized carbons (Fsp3) is 0.0769. The standard InChI is InChI=1S/C13H9BrF2N2O3/c14-8-3-7(1-2-13(8)19)6-17-11-5-12(18(20)21)10(16)4-9(11)15/h1-5,17,19H,6H2. The molecule has 0 aromatic heterocycles. The van der Waals surface area contributed by atoms with Crippen LogP contribution in [0, 0.1) is 21.7 Å². The maximum absolute atomic E-state index is 13.6. The lowest BCUT2D eigenvalue weighted by Crippen LogP contribution is -2.03. The van der Waals surface area contributed by atoms with E-state index in [1.54, 1.807) is 12.1 Å². The van der Waals surface area contributed by atoms with Crippen LogP contribution in [0.2, 0.25) is 0 Å². The molecule has 0 unspecified atom stereocenters. The molecule has 110 valence electrons. The van der Waals surface area contributed by atoms with Crippen LogP contribution in [0.5, 0.6) is 5.75 Å². The number of nitro groups is 1. The number of nitrogens with one attached hydrogen (secondary N) is 1. The van der Waals surface area contributed by atoms with Gasteiger partial charge in [0, 0.05) is 18.7 Å². The van der Waals surface area contributed by atoms with Crippen LogP contribution < -0.4 is 5.32 Å². The first-order valence-electron chi connectivity index (χ1n) is 5.73. The minimum Gasteiger partial charge on any atom is -0.507 e. The van der Waals surface area contributed by atoms with Crippen LogP contribution in [0.1, 0.15) is 5.56 Å². The lowest BCUT2D eigenvalue weighted by molar-refractivity contribution is -0.387. The van der Waals surface area contributed by atoms with Crippen molar-refractivity contribution in [2.75, 3.05) is 5.32 Å². The summed E-state index contributed by atoms with van der Waals surface area (Å²) in [5.74, 6) is -2.09. The third kappa shape index (κ3) is 3.46. The van der Waals surface area contributed by atoms with E-state index in [2.05, 4.69) is 21.2 Å². The summed E-state index contributed by atoms with van der Waals surface area (Å²) in [5.41, 5.74) is -0.274. The molecule has 5 nitrogen and oxygen atoms in total. The third-order valence-electron chi connectivity index (χ3n) is 2.73. The lowest BCUT2D eigenvalue weighted by atomic mass is 10.2. The Kier molecular flexibility index (Phi) is 4.37. The highest BCUT2D eigenvalue weighted by Gasteiger charge is 2.18. The van der Waals surface area contributed by atoms with Crippen molar-refractivity contribution in [3.8, 4) is 5.75 Å². The van der Waals surface area contributed by atoms with E-state index in [4.69, 9.17) is 0 Å². The number of aromatic hydroxyl groups is 1. The molecular formula is C13H9BrF2N2O3. The van der Waals surface area contributed by atoms with Crippen LogP contribution in [0.25, 0.3) is 0 Å². The number of nitrogens with zero attached hydrogens (tertiary/aromatic N) is 1. The molecule has 2 aromatic rings. The van der Waals surface area contributed by atoms with Crippen LogP contribution in [-0.4, -0.2) is 10.0 Å². The zero-order valence-electron chi connectivity index (χ0n) is 10.4. The minimum absolute atomic E-state index is 0.0577. The Morgan fingerprint density at radius 1 is 1.24 bits per heavy atom. The highest BCUT2D eigenvalue weighted by Crippen LogP contribution is 2.27. The summed E-state index contributed by atoms with van der Waals surface area (Å²) in [5, 5.41) is 22.6. The predicted octanol–water partition coefficient (Wildman–Crippen LogP) is 3.95. The number of halogens is 3. The van der Waals surface area contributed by atoms with Gasteiger partial charge in [0.05, 0.1) is 15.1 Å². The van der Waals surface area contributed by atoms with Crippen LogP contribution in [0.3, 0.4) is 0 Å². The number of phenols is 1. The normalized spacial score (nSPS) is 10.4. The van der Waals surface area contributed by atoms with Gasteiger partial charge >= 0.3 is 5.69 Å². The lowest BCUT2D eigenvalue weighted by Gasteiger charge is -2.09. The summed E-state index contributed by atoms with van der Waals surface area (Å²) in [6.07, 6.45) is 0. The molecule has 0 saturated heterocycles. The number of hydrogen-bond donors (Lipinski definition) is 2. The Morgan fingerprint density at radius 2 is 1.95 bits per heavy atom. The Bertz CT molecular complexity index is 710.